The molecule has 0 saturated carbocycles. The molecule has 0 saturated heterocycles. The summed E-state index contributed by atoms with van der Waals surface area (Å²) in [6.45, 7) is 6.19. The van der Waals surface area contributed by atoms with E-state index in [0.717, 1.165) is 5.75 Å². The zero-order valence-corrected chi connectivity index (χ0v) is 12.4. The van der Waals surface area contributed by atoms with E-state index in [1.165, 1.54) is 12.8 Å². The smallest absolute Gasteiger partial charge is 0.211 e. The predicted octanol–water partition coefficient (Wildman–Crippen LogP) is 3.42. The average molecular weight is 268 g/mol. The van der Waals surface area contributed by atoms with Gasteiger partial charge in [-0.15, -0.1) is 0 Å². The van der Waals surface area contributed by atoms with Crippen molar-refractivity contribution in [3.63, 3.8) is 0 Å². The number of nitrogens with zero attached hydrogens (tertiary/aromatic N) is 1. The van der Waals surface area contributed by atoms with E-state index in [4.69, 9.17) is 16.3 Å². The fraction of sp³-hybridized carbons (Fsp3) is 0.889. The van der Waals surface area contributed by atoms with Gasteiger partial charge in [-0.3, -0.25) is 4.99 Å². The SMILES string of the molecule is CCCCSP(=S)(NC=NC)OC(C)C. The lowest BCUT2D eigenvalue weighted by atomic mass is 10.4. The van der Waals surface area contributed by atoms with Crippen LogP contribution in [-0.4, -0.2) is 25.2 Å². The summed E-state index contributed by atoms with van der Waals surface area (Å²) in [5.74, 6) is 1.05. The average Bonchev–Trinajstić information content (AvgIpc) is 2.14. The molecular weight excluding hydrogens is 247 g/mol. The third-order valence-corrected chi connectivity index (χ3v) is 7.06. The summed E-state index contributed by atoms with van der Waals surface area (Å²) in [7, 11) is 1.72. The molecule has 1 N–H and O–H groups in total. The van der Waals surface area contributed by atoms with E-state index in [-0.39, 0.29) is 6.10 Å². The molecule has 0 aromatic heterocycles. The zero-order valence-electron chi connectivity index (χ0n) is 9.90. The second kappa shape index (κ2) is 8.57. The van der Waals surface area contributed by atoms with Gasteiger partial charge in [0.2, 0.25) is 5.62 Å². The van der Waals surface area contributed by atoms with Gasteiger partial charge in [0.1, 0.15) is 0 Å². The number of unbranched alkanes of at least 4 members (excludes halogenated alkanes) is 1. The number of nitrogens with one attached hydrogen (secondary N) is 1. The first-order valence-electron chi connectivity index (χ1n) is 5.15. The van der Waals surface area contributed by atoms with E-state index in [1.807, 2.05) is 13.8 Å². The molecule has 0 aliphatic heterocycles. The molecule has 1 atom stereocenters. The molecule has 0 heterocycles. The van der Waals surface area contributed by atoms with Gasteiger partial charge in [-0.05, 0) is 32.1 Å². The fourth-order valence-electron chi connectivity index (χ4n) is 0.833. The van der Waals surface area contributed by atoms with Gasteiger partial charge in [-0.1, -0.05) is 24.7 Å². The summed E-state index contributed by atoms with van der Waals surface area (Å²) in [5, 5.41) is 3.11. The van der Waals surface area contributed by atoms with Gasteiger partial charge in [0.05, 0.1) is 12.4 Å². The normalized spacial score (nSPS) is 15.8. The lowest BCUT2D eigenvalue weighted by molar-refractivity contribution is 0.274. The minimum atomic E-state index is -1.97. The minimum Gasteiger partial charge on any atom is -0.324 e. The van der Waals surface area contributed by atoms with E-state index in [9.17, 15) is 0 Å². The Labute approximate surface area is 102 Å². The molecule has 6 heteroatoms. The highest BCUT2D eigenvalue weighted by Gasteiger charge is 2.18. The van der Waals surface area contributed by atoms with Crippen LogP contribution in [-0.2, 0) is 16.3 Å². The molecule has 0 aliphatic rings. The summed E-state index contributed by atoms with van der Waals surface area (Å²) in [4.78, 5) is 3.89. The van der Waals surface area contributed by atoms with Gasteiger partial charge >= 0.3 is 0 Å². The summed E-state index contributed by atoms with van der Waals surface area (Å²) in [6, 6.07) is 0. The molecule has 0 aliphatic carbocycles. The van der Waals surface area contributed by atoms with Crippen LogP contribution in [0.15, 0.2) is 4.99 Å². The molecule has 90 valence electrons. The third kappa shape index (κ3) is 8.26. The van der Waals surface area contributed by atoms with Gasteiger partial charge < -0.3 is 9.61 Å². The van der Waals surface area contributed by atoms with Gasteiger partial charge in [-0.2, -0.15) is 0 Å². The van der Waals surface area contributed by atoms with Crippen molar-refractivity contribution in [1.29, 1.82) is 0 Å². The van der Waals surface area contributed by atoms with Crippen molar-refractivity contribution in [2.24, 2.45) is 4.99 Å². The van der Waals surface area contributed by atoms with E-state index < -0.39 is 5.62 Å². The second-order valence-corrected chi connectivity index (χ2v) is 10.0. The summed E-state index contributed by atoms with van der Waals surface area (Å²) >= 11 is 7.22. The highest BCUT2D eigenvalue weighted by atomic mass is 32.9. The van der Waals surface area contributed by atoms with Crippen molar-refractivity contribution in [3.8, 4) is 0 Å². The van der Waals surface area contributed by atoms with Crippen molar-refractivity contribution in [2.75, 3.05) is 12.8 Å². The van der Waals surface area contributed by atoms with Crippen molar-refractivity contribution in [3.05, 3.63) is 0 Å². The van der Waals surface area contributed by atoms with E-state index in [2.05, 4.69) is 17.0 Å². The highest BCUT2D eigenvalue weighted by molar-refractivity contribution is 8.68. The Kier molecular flexibility index (Phi) is 8.81. The lowest BCUT2D eigenvalue weighted by Crippen LogP contribution is -2.11. The Morgan fingerprint density at radius 2 is 2.27 bits per heavy atom. The molecule has 0 rings (SSSR count). The van der Waals surface area contributed by atoms with Crippen LogP contribution in [0.3, 0.4) is 0 Å². The topological polar surface area (TPSA) is 33.6 Å². The van der Waals surface area contributed by atoms with Gasteiger partial charge in [-0.25, -0.2) is 0 Å². The number of rotatable bonds is 8. The molecule has 1 unspecified atom stereocenters. The molecular formula is C9H21N2OPS2. The molecule has 15 heavy (non-hydrogen) atoms. The second-order valence-electron chi connectivity index (χ2n) is 3.35. The quantitative estimate of drug-likeness (QED) is 0.316. The first-order chi connectivity index (χ1) is 7.04. The Morgan fingerprint density at radius 3 is 2.73 bits per heavy atom. The maximum absolute atomic E-state index is 5.77. The number of hydrogen-bond donors (Lipinski definition) is 1. The molecule has 3 nitrogen and oxygen atoms in total. The predicted molar refractivity (Wildman–Crippen MR) is 75.4 cm³/mol. The molecule has 0 spiro atoms. The summed E-state index contributed by atoms with van der Waals surface area (Å²) in [6.07, 6.45) is 4.16. The lowest BCUT2D eigenvalue weighted by Gasteiger charge is -2.23. The number of hydrogen-bond acceptors (Lipinski definition) is 4. The molecule has 0 bridgehead atoms. The third-order valence-electron chi connectivity index (χ3n) is 1.45. The van der Waals surface area contributed by atoms with E-state index >= 15 is 0 Å². The Morgan fingerprint density at radius 1 is 1.60 bits per heavy atom. The summed E-state index contributed by atoms with van der Waals surface area (Å²) in [5.41, 5.74) is -1.97. The zero-order chi connectivity index (χ0) is 11.7. The largest absolute Gasteiger partial charge is 0.324 e. The van der Waals surface area contributed by atoms with Crippen LogP contribution >= 0.6 is 17.0 Å². The molecule has 0 aromatic rings. The summed E-state index contributed by atoms with van der Waals surface area (Å²) < 4.78 is 5.77. The van der Waals surface area contributed by atoms with Crippen LogP contribution in [0.25, 0.3) is 0 Å². The molecule has 0 fully saturated rings. The standard InChI is InChI=1S/C9H21N2OPS2/c1-5-6-7-15-13(14,11-8-10-4)12-9(2)3/h8-9H,5-7H2,1-4H3,(H,10,11,14). The number of aliphatic imine (C=N–C) groups is 1. The monoisotopic (exact) mass is 268 g/mol. The maximum atomic E-state index is 5.77. The van der Waals surface area contributed by atoms with Crippen molar-refractivity contribution >= 4 is 35.1 Å². The van der Waals surface area contributed by atoms with Crippen molar-refractivity contribution < 1.29 is 4.52 Å². The van der Waals surface area contributed by atoms with Crippen LogP contribution in [0.4, 0.5) is 0 Å². The first kappa shape index (κ1) is 15.4. The Balaban J connectivity index is 4.20. The van der Waals surface area contributed by atoms with E-state index in [0.29, 0.717) is 0 Å². The van der Waals surface area contributed by atoms with E-state index in [1.54, 1.807) is 24.8 Å². The van der Waals surface area contributed by atoms with Gasteiger partial charge in [0, 0.05) is 12.8 Å². The van der Waals surface area contributed by atoms with Crippen LogP contribution < -0.4 is 5.09 Å². The molecule has 0 aromatic carbocycles. The first-order valence-corrected chi connectivity index (χ1v) is 9.46. The minimum absolute atomic E-state index is 0.155. The van der Waals surface area contributed by atoms with Gasteiger partial charge in [0.25, 0.3) is 0 Å². The van der Waals surface area contributed by atoms with Crippen molar-refractivity contribution in [1.82, 2.24) is 5.09 Å². The molecule has 0 radical (unpaired) electrons. The fourth-order valence-corrected chi connectivity index (χ4v) is 6.00. The van der Waals surface area contributed by atoms with Crippen molar-refractivity contribution in [2.45, 2.75) is 39.7 Å². The van der Waals surface area contributed by atoms with Gasteiger partial charge in [0.15, 0.2) is 0 Å². The van der Waals surface area contributed by atoms with Crippen LogP contribution in [0.5, 0.6) is 0 Å². The maximum Gasteiger partial charge on any atom is 0.211 e. The highest BCUT2D eigenvalue weighted by Crippen LogP contribution is 2.56. The Hall–Kier alpha value is 0.430. The van der Waals surface area contributed by atoms with Crippen LogP contribution in [0, 0.1) is 0 Å². The molecule has 0 amide bonds. The van der Waals surface area contributed by atoms with Crippen LogP contribution in [0.1, 0.15) is 33.6 Å². The van der Waals surface area contributed by atoms with Crippen LogP contribution in [0.2, 0.25) is 0 Å². The Bertz CT molecular complexity index is 234.